The molecule has 0 aliphatic rings. The van der Waals surface area contributed by atoms with Gasteiger partial charge in [0.1, 0.15) is 0 Å². The third-order valence-electron chi connectivity index (χ3n) is 3.96. The monoisotopic (exact) mass is 400 g/mol. The lowest BCUT2D eigenvalue weighted by Gasteiger charge is -2.14. The predicted molar refractivity (Wildman–Crippen MR) is 108 cm³/mol. The molecule has 3 rings (SSSR count). The number of amides is 1. The van der Waals surface area contributed by atoms with Gasteiger partial charge in [0.2, 0.25) is 0 Å². The molecule has 27 heavy (non-hydrogen) atoms. The van der Waals surface area contributed by atoms with E-state index < -0.39 is 10.0 Å². The second-order valence-corrected chi connectivity index (χ2v) is 7.98. The largest absolute Gasteiger partial charge is 0.322 e. The quantitative estimate of drug-likeness (QED) is 0.651. The van der Waals surface area contributed by atoms with E-state index in [2.05, 4.69) is 10.0 Å². The highest BCUT2D eigenvalue weighted by Gasteiger charge is 2.18. The first-order chi connectivity index (χ1) is 12.9. The number of sulfonamides is 1. The van der Waals surface area contributed by atoms with Crippen LogP contribution in [-0.2, 0) is 10.0 Å². The van der Waals surface area contributed by atoms with Gasteiger partial charge in [-0.25, -0.2) is 8.42 Å². The summed E-state index contributed by atoms with van der Waals surface area (Å²) in [7, 11) is -3.74. The van der Waals surface area contributed by atoms with E-state index in [1.54, 1.807) is 67.6 Å². The molecule has 0 spiro atoms. The smallest absolute Gasteiger partial charge is 0.261 e. The summed E-state index contributed by atoms with van der Waals surface area (Å²) < 4.78 is 27.6. The molecular formula is C20H17ClN2O3S. The van der Waals surface area contributed by atoms with Crippen molar-refractivity contribution in [3.63, 3.8) is 0 Å². The molecule has 0 saturated carbocycles. The molecule has 7 heteroatoms. The molecule has 3 aromatic rings. The third-order valence-corrected chi connectivity index (χ3v) is 5.58. The zero-order valence-electron chi connectivity index (χ0n) is 14.4. The van der Waals surface area contributed by atoms with Crippen molar-refractivity contribution in [2.45, 2.75) is 11.8 Å². The fourth-order valence-electron chi connectivity index (χ4n) is 2.56. The molecule has 0 aliphatic carbocycles. The molecule has 0 heterocycles. The number of nitrogens with one attached hydrogen (secondary N) is 2. The first-order valence-corrected chi connectivity index (χ1v) is 9.97. The molecular weight excluding hydrogens is 384 g/mol. The van der Waals surface area contributed by atoms with Crippen LogP contribution < -0.4 is 10.0 Å². The maximum Gasteiger partial charge on any atom is 0.261 e. The standard InChI is InChI=1S/C20H17ClN2O3S/c1-14-18(20(24)22-16-8-5-7-15(21)13-16)11-6-12-19(14)23-27(25,26)17-9-3-2-4-10-17/h2-13,23H,1H3,(H,22,24). The number of carbonyl (C=O) groups is 1. The zero-order valence-corrected chi connectivity index (χ0v) is 16.0. The highest BCUT2D eigenvalue weighted by molar-refractivity contribution is 7.92. The Labute approximate surface area is 163 Å². The second-order valence-electron chi connectivity index (χ2n) is 5.86. The van der Waals surface area contributed by atoms with Crippen LogP contribution in [0.25, 0.3) is 0 Å². The second kappa shape index (κ2) is 7.82. The summed E-state index contributed by atoms with van der Waals surface area (Å²) in [5.74, 6) is -0.351. The van der Waals surface area contributed by atoms with Gasteiger partial charge in [-0.05, 0) is 55.0 Å². The van der Waals surface area contributed by atoms with Gasteiger partial charge in [0, 0.05) is 16.3 Å². The molecule has 0 unspecified atom stereocenters. The Morgan fingerprint density at radius 1 is 0.926 bits per heavy atom. The Kier molecular flexibility index (Phi) is 5.48. The van der Waals surface area contributed by atoms with Crippen molar-refractivity contribution in [2.75, 3.05) is 10.0 Å². The summed E-state index contributed by atoms with van der Waals surface area (Å²) in [6, 6.07) is 19.7. The van der Waals surface area contributed by atoms with Crippen molar-refractivity contribution in [3.8, 4) is 0 Å². The van der Waals surface area contributed by atoms with Crippen molar-refractivity contribution >= 4 is 38.9 Å². The van der Waals surface area contributed by atoms with E-state index in [4.69, 9.17) is 11.6 Å². The Hall–Kier alpha value is -2.83. The van der Waals surface area contributed by atoms with Gasteiger partial charge >= 0.3 is 0 Å². The summed E-state index contributed by atoms with van der Waals surface area (Å²) in [5, 5.41) is 3.27. The maximum absolute atomic E-state index is 12.6. The number of benzene rings is 3. The van der Waals surface area contributed by atoms with E-state index in [9.17, 15) is 13.2 Å². The third kappa shape index (κ3) is 4.48. The normalized spacial score (nSPS) is 11.0. The Morgan fingerprint density at radius 3 is 2.33 bits per heavy atom. The number of hydrogen-bond donors (Lipinski definition) is 2. The van der Waals surface area contributed by atoms with Gasteiger partial charge in [0.05, 0.1) is 10.6 Å². The van der Waals surface area contributed by atoms with Gasteiger partial charge in [-0.3, -0.25) is 9.52 Å². The lowest BCUT2D eigenvalue weighted by molar-refractivity contribution is 0.102. The summed E-state index contributed by atoms with van der Waals surface area (Å²) in [6.07, 6.45) is 0. The van der Waals surface area contributed by atoms with Gasteiger partial charge in [0.15, 0.2) is 0 Å². The number of carbonyl (C=O) groups excluding carboxylic acids is 1. The van der Waals surface area contributed by atoms with Gasteiger partial charge in [-0.2, -0.15) is 0 Å². The van der Waals surface area contributed by atoms with E-state index in [0.29, 0.717) is 27.5 Å². The maximum atomic E-state index is 12.6. The van der Waals surface area contributed by atoms with Crippen LogP contribution in [0.2, 0.25) is 5.02 Å². The summed E-state index contributed by atoms with van der Waals surface area (Å²) in [4.78, 5) is 12.8. The Bertz CT molecular complexity index is 1080. The number of anilines is 2. The summed E-state index contributed by atoms with van der Waals surface area (Å²) >= 11 is 5.93. The van der Waals surface area contributed by atoms with E-state index in [0.717, 1.165) is 0 Å². The molecule has 0 saturated heterocycles. The fraction of sp³-hybridized carbons (Fsp3) is 0.0500. The number of hydrogen-bond acceptors (Lipinski definition) is 3. The molecule has 0 fully saturated rings. The van der Waals surface area contributed by atoms with Crippen LogP contribution >= 0.6 is 11.6 Å². The highest BCUT2D eigenvalue weighted by Crippen LogP contribution is 2.24. The minimum atomic E-state index is -3.74. The highest BCUT2D eigenvalue weighted by atomic mass is 35.5. The minimum absolute atomic E-state index is 0.151. The van der Waals surface area contributed by atoms with Crippen molar-refractivity contribution < 1.29 is 13.2 Å². The topological polar surface area (TPSA) is 75.3 Å². The van der Waals surface area contributed by atoms with Crippen molar-refractivity contribution in [2.24, 2.45) is 0 Å². The molecule has 1 amide bonds. The van der Waals surface area contributed by atoms with Crippen LogP contribution in [0.4, 0.5) is 11.4 Å². The van der Waals surface area contributed by atoms with E-state index in [1.165, 1.54) is 12.1 Å². The number of rotatable bonds is 5. The fourth-order valence-corrected chi connectivity index (χ4v) is 3.89. The molecule has 0 bridgehead atoms. The van der Waals surface area contributed by atoms with E-state index >= 15 is 0 Å². The Morgan fingerprint density at radius 2 is 1.63 bits per heavy atom. The van der Waals surface area contributed by atoms with Crippen LogP contribution in [0.5, 0.6) is 0 Å². The van der Waals surface area contributed by atoms with Crippen LogP contribution in [0, 0.1) is 6.92 Å². The number of halogens is 1. The first kappa shape index (κ1) is 18.9. The van der Waals surface area contributed by atoms with Crippen LogP contribution in [0.1, 0.15) is 15.9 Å². The van der Waals surface area contributed by atoms with Crippen LogP contribution in [0.3, 0.4) is 0 Å². The minimum Gasteiger partial charge on any atom is -0.322 e. The van der Waals surface area contributed by atoms with Crippen molar-refractivity contribution in [3.05, 3.63) is 88.9 Å². The SMILES string of the molecule is Cc1c(NS(=O)(=O)c2ccccc2)cccc1C(=O)Nc1cccc(Cl)c1. The molecule has 0 aromatic heterocycles. The summed E-state index contributed by atoms with van der Waals surface area (Å²) in [5.41, 5.74) is 1.79. The lowest BCUT2D eigenvalue weighted by atomic mass is 10.1. The Balaban J connectivity index is 1.87. The summed E-state index contributed by atoms with van der Waals surface area (Å²) in [6.45, 7) is 1.69. The first-order valence-electron chi connectivity index (χ1n) is 8.11. The zero-order chi connectivity index (χ0) is 19.4. The van der Waals surface area contributed by atoms with Gasteiger partial charge in [-0.1, -0.05) is 41.9 Å². The molecule has 0 aliphatic heterocycles. The van der Waals surface area contributed by atoms with Crippen LogP contribution in [0.15, 0.2) is 77.7 Å². The molecule has 0 atom stereocenters. The van der Waals surface area contributed by atoms with Crippen molar-refractivity contribution in [1.29, 1.82) is 0 Å². The lowest BCUT2D eigenvalue weighted by Crippen LogP contribution is -2.17. The van der Waals surface area contributed by atoms with E-state index in [-0.39, 0.29) is 10.8 Å². The molecule has 3 aromatic carbocycles. The molecule has 0 radical (unpaired) electrons. The van der Waals surface area contributed by atoms with Gasteiger partial charge in [-0.15, -0.1) is 0 Å². The van der Waals surface area contributed by atoms with E-state index in [1.807, 2.05) is 0 Å². The predicted octanol–water partition coefficient (Wildman–Crippen LogP) is 4.70. The average Bonchev–Trinajstić information content (AvgIpc) is 2.64. The average molecular weight is 401 g/mol. The van der Waals surface area contributed by atoms with Gasteiger partial charge < -0.3 is 5.32 Å². The molecule has 2 N–H and O–H groups in total. The van der Waals surface area contributed by atoms with Gasteiger partial charge in [0.25, 0.3) is 15.9 Å². The molecule has 138 valence electrons. The molecule has 5 nitrogen and oxygen atoms in total. The van der Waals surface area contributed by atoms with Crippen molar-refractivity contribution in [1.82, 2.24) is 0 Å². The van der Waals surface area contributed by atoms with Crippen LogP contribution in [-0.4, -0.2) is 14.3 Å².